The molecule has 0 radical (unpaired) electrons. The Morgan fingerprint density at radius 1 is 0.769 bits per heavy atom. The van der Waals surface area contributed by atoms with E-state index in [4.69, 9.17) is 26.3 Å². The normalized spacial score (nSPS) is 11.2. The molecule has 0 atom stereocenters. The molecular weight excluding hydrogens is 350 g/mol. The number of nitrogens with zero attached hydrogens (tertiary/aromatic N) is 1. The molecule has 26 heavy (non-hydrogen) atoms. The molecule has 0 unspecified atom stereocenters. The smallest absolute Gasteiger partial charge is 0.175 e. The molecule has 4 nitrogen and oxygen atoms in total. The Hall–Kier alpha value is -2.98. The van der Waals surface area contributed by atoms with Gasteiger partial charge in [0.15, 0.2) is 5.17 Å². The van der Waals surface area contributed by atoms with E-state index in [1.165, 1.54) is 0 Å². The van der Waals surface area contributed by atoms with Crippen molar-refractivity contribution in [1.29, 1.82) is 0 Å². The van der Waals surface area contributed by atoms with Crippen molar-refractivity contribution >= 4 is 16.8 Å². The van der Waals surface area contributed by atoms with Crippen molar-refractivity contribution in [3.8, 4) is 11.5 Å². The maximum atomic E-state index is 8.96. The minimum absolute atomic E-state index is 0.0280. The van der Waals surface area contributed by atoms with Gasteiger partial charge in [-0.05, 0) is 23.3 Å². The fourth-order valence-electron chi connectivity index (χ4n) is 2.40. The number of halogens is 1. The minimum atomic E-state index is -0.0280. The van der Waals surface area contributed by atoms with Gasteiger partial charge in [-0.25, -0.2) is 0 Å². The lowest BCUT2D eigenvalue weighted by molar-refractivity contribution is 0.290. The van der Waals surface area contributed by atoms with Gasteiger partial charge >= 0.3 is 0 Å². The summed E-state index contributed by atoms with van der Waals surface area (Å²) in [6.45, 7) is 0.826. The van der Waals surface area contributed by atoms with Gasteiger partial charge in [0.2, 0.25) is 0 Å². The van der Waals surface area contributed by atoms with Gasteiger partial charge in [0.1, 0.15) is 24.7 Å². The Kier molecular flexibility index (Phi) is 6.12. The molecule has 5 heteroatoms. The molecule has 0 saturated heterocycles. The van der Waals surface area contributed by atoms with Gasteiger partial charge in [-0.15, -0.1) is 0 Å². The second kappa shape index (κ2) is 8.92. The molecule has 0 spiro atoms. The molecule has 3 aromatic carbocycles. The van der Waals surface area contributed by atoms with Crippen LogP contribution in [-0.4, -0.2) is 10.4 Å². The van der Waals surface area contributed by atoms with E-state index in [1.54, 1.807) is 18.2 Å². The standard InChI is InChI=1S/C21H18ClNO3/c22-21(23-24)18-11-19(25-14-16-7-3-1-4-8-16)13-20(12-18)26-15-17-9-5-2-6-10-17/h1-13,24H,14-15H2. The predicted molar refractivity (Wildman–Crippen MR) is 102 cm³/mol. The van der Waals surface area contributed by atoms with Crippen molar-refractivity contribution in [2.45, 2.75) is 13.2 Å². The highest BCUT2D eigenvalue weighted by molar-refractivity contribution is 6.69. The maximum Gasteiger partial charge on any atom is 0.175 e. The van der Waals surface area contributed by atoms with E-state index in [-0.39, 0.29) is 5.17 Å². The number of hydrogen-bond donors (Lipinski definition) is 1. The van der Waals surface area contributed by atoms with E-state index in [1.807, 2.05) is 60.7 Å². The topological polar surface area (TPSA) is 51.1 Å². The van der Waals surface area contributed by atoms with Crippen molar-refractivity contribution in [3.63, 3.8) is 0 Å². The first-order valence-electron chi connectivity index (χ1n) is 8.11. The maximum absolute atomic E-state index is 8.96. The summed E-state index contributed by atoms with van der Waals surface area (Å²) >= 11 is 5.96. The van der Waals surface area contributed by atoms with E-state index >= 15 is 0 Å². The summed E-state index contributed by atoms with van der Waals surface area (Å²) in [5, 5.41) is 12.0. The molecule has 0 aromatic heterocycles. The van der Waals surface area contributed by atoms with Crippen LogP contribution in [0.5, 0.6) is 11.5 Å². The number of ether oxygens (including phenoxy) is 2. The van der Waals surface area contributed by atoms with Crippen LogP contribution in [0.3, 0.4) is 0 Å². The molecular formula is C21H18ClNO3. The van der Waals surface area contributed by atoms with Crippen molar-refractivity contribution in [1.82, 2.24) is 0 Å². The largest absolute Gasteiger partial charge is 0.489 e. The highest BCUT2D eigenvalue weighted by Crippen LogP contribution is 2.26. The second-order valence-corrected chi connectivity index (χ2v) is 5.99. The molecule has 132 valence electrons. The zero-order valence-corrected chi connectivity index (χ0v) is 14.8. The molecule has 3 aromatic rings. The van der Waals surface area contributed by atoms with Crippen LogP contribution in [-0.2, 0) is 13.2 Å². The quantitative estimate of drug-likeness (QED) is 0.354. The van der Waals surface area contributed by atoms with Crippen molar-refractivity contribution in [2.75, 3.05) is 0 Å². The summed E-state index contributed by atoms with van der Waals surface area (Å²) in [6, 6.07) is 24.9. The van der Waals surface area contributed by atoms with Gasteiger partial charge in [0.05, 0.1) is 0 Å². The number of hydrogen-bond acceptors (Lipinski definition) is 4. The van der Waals surface area contributed by atoms with Crippen LogP contribution in [0.4, 0.5) is 0 Å². The van der Waals surface area contributed by atoms with Crippen LogP contribution >= 0.6 is 11.6 Å². The second-order valence-electron chi connectivity index (χ2n) is 5.63. The Morgan fingerprint density at radius 2 is 1.23 bits per heavy atom. The van der Waals surface area contributed by atoms with Crippen molar-refractivity contribution < 1.29 is 14.7 Å². The van der Waals surface area contributed by atoms with Gasteiger partial charge < -0.3 is 14.7 Å². The zero-order chi connectivity index (χ0) is 18.2. The fraction of sp³-hybridized carbons (Fsp3) is 0.0952. The summed E-state index contributed by atoms with van der Waals surface area (Å²) in [7, 11) is 0. The van der Waals surface area contributed by atoms with Crippen LogP contribution in [0.25, 0.3) is 0 Å². The Labute approximate surface area is 157 Å². The van der Waals surface area contributed by atoms with Gasteiger partial charge in [-0.3, -0.25) is 0 Å². The van der Waals surface area contributed by atoms with E-state index in [2.05, 4.69) is 5.16 Å². The molecule has 0 heterocycles. The zero-order valence-electron chi connectivity index (χ0n) is 14.0. The van der Waals surface area contributed by atoms with Crippen LogP contribution in [0.15, 0.2) is 84.0 Å². The third-order valence-corrected chi connectivity index (χ3v) is 4.00. The number of rotatable bonds is 7. The van der Waals surface area contributed by atoms with E-state index in [0.717, 1.165) is 11.1 Å². The van der Waals surface area contributed by atoms with E-state index < -0.39 is 0 Å². The molecule has 0 aliphatic rings. The molecule has 3 rings (SSSR count). The first kappa shape index (κ1) is 17.8. The fourth-order valence-corrected chi connectivity index (χ4v) is 2.51. The predicted octanol–water partition coefficient (Wildman–Crippen LogP) is 5.22. The minimum Gasteiger partial charge on any atom is -0.489 e. The molecule has 1 N–H and O–H groups in total. The Morgan fingerprint density at radius 3 is 1.65 bits per heavy atom. The summed E-state index contributed by atoms with van der Waals surface area (Å²) in [5.41, 5.74) is 2.61. The Balaban J connectivity index is 1.77. The Bertz CT molecular complexity index is 805. The number of oxime groups is 1. The van der Waals surface area contributed by atoms with Crippen LogP contribution in [0, 0.1) is 0 Å². The van der Waals surface area contributed by atoms with Crippen LogP contribution < -0.4 is 9.47 Å². The van der Waals surface area contributed by atoms with Crippen molar-refractivity contribution in [3.05, 3.63) is 95.6 Å². The highest BCUT2D eigenvalue weighted by atomic mass is 35.5. The van der Waals surface area contributed by atoms with Gasteiger partial charge in [-0.1, -0.05) is 77.4 Å². The number of benzene rings is 3. The van der Waals surface area contributed by atoms with Gasteiger partial charge in [0, 0.05) is 11.6 Å². The lowest BCUT2D eigenvalue weighted by Gasteiger charge is -2.12. The summed E-state index contributed by atoms with van der Waals surface area (Å²) in [5.74, 6) is 1.16. The SMILES string of the molecule is ON=C(Cl)c1cc(OCc2ccccc2)cc(OCc2ccccc2)c1. The summed E-state index contributed by atoms with van der Waals surface area (Å²) in [6.07, 6.45) is 0. The average Bonchev–Trinajstić information content (AvgIpc) is 2.71. The van der Waals surface area contributed by atoms with E-state index in [0.29, 0.717) is 30.3 Å². The third-order valence-electron chi connectivity index (χ3n) is 3.70. The highest BCUT2D eigenvalue weighted by Gasteiger charge is 2.08. The lowest BCUT2D eigenvalue weighted by Crippen LogP contribution is -2.01. The first-order valence-corrected chi connectivity index (χ1v) is 8.49. The molecule has 0 aliphatic heterocycles. The molecule has 0 bridgehead atoms. The van der Waals surface area contributed by atoms with Gasteiger partial charge in [0.25, 0.3) is 0 Å². The molecule has 0 saturated carbocycles. The first-order chi connectivity index (χ1) is 12.7. The average molecular weight is 368 g/mol. The van der Waals surface area contributed by atoms with E-state index in [9.17, 15) is 0 Å². The monoisotopic (exact) mass is 367 g/mol. The third kappa shape index (κ3) is 5.01. The van der Waals surface area contributed by atoms with Gasteiger partial charge in [-0.2, -0.15) is 0 Å². The van der Waals surface area contributed by atoms with Crippen LogP contribution in [0.1, 0.15) is 16.7 Å². The lowest BCUT2D eigenvalue weighted by atomic mass is 10.2. The molecule has 0 aliphatic carbocycles. The molecule has 0 amide bonds. The summed E-state index contributed by atoms with van der Waals surface area (Å²) < 4.78 is 11.7. The molecule has 0 fully saturated rings. The van der Waals surface area contributed by atoms with Crippen LogP contribution in [0.2, 0.25) is 0 Å². The summed E-state index contributed by atoms with van der Waals surface area (Å²) in [4.78, 5) is 0. The van der Waals surface area contributed by atoms with Crippen molar-refractivity contribution in [2.24, 2.45) is 5.16 Å².